The zero-order chi connectivity index (χ0) is 19.2. The van der Waals surface area contributed by atoms with Gasteiger partial charge in [0.2, 0.25) is 0 Å². The molecule has 0 saturated heterocycles. The molecule has 0 aliphatic carbocycles. The maximum absolute atomic E-state index is 13.1. The highest BCUT2D eigenvalue weighted by molar-refractivity contribution is 5.86. The molecule has 2 unspecified atom stereocenters. The molecule has 0 fully saturated rings. The van der Waals surface area contributed by atoms with Crippen LogP contribution in [0.3, 0.4) is 0 Å². The second-order valence-corrected chi connectivity index (χ2v) is 6.48. The van der Waals surface area contributed by atoms with E-state index in [0.29, 0.717) is 0 Å². The number of rotatable bonds is 8. The topological polar surface area (TPSA) is 84.9 Å². The van der Waals surface area contributed by atoms with Gasteiger partial charge in [-0.15, -0.1) is 0 Å². The fourth-order valence-electron chi connectivity index (χ4n) is 1.84. The summed E-state index contributed by atoms with van der Waals surface area (Å²) >= 11 is 0. The first kappa shape index (κ1) is 20.8. The molecule has 0 aliphatic rings. The van der Waals surface area contributed by atoms with E-state index in [1.165, 1.54) is 13.0 Å². The average molecular weight is 359 g/mol. The van der Waals surface area contributed by atoms with Crippen LogP contribution >= 0.6 is 0 Å². The molecule has 25 heavy (non-hydrogen) atoms. The maximum atomic E-state index is 13.1. The summed E-state index contributed by atoms with van der Waals surface area (Å²) in [5.74, 6) is -4.06. The Morgan fingerprint density at radius 1 is 1.24 bits per heavy atom. The Balaban J connectivity index is 2.60. The van der Waals surface area contributed by atoms with Gasteiger partial charge in [-0.2, -0.15) is 0 Å². The minimum absolute atomic E-state index is 0.0375. The van der Waals surface area contributed by atoms with Crippen molar-refractivity contribution in [1.29, 1.82) is 0 Å². The van der Waals surface area contributed by atoms with E-state index < -0.39 is 41.3 Å². The molecule has 6 nitrogen and oxygen atoms in total. The monoisotopic (exact) mass is 359 g/mol. The van der Waals surface area contributed by atoms with Crippen LogP contribution in [0.4, 0.5) is 8.78 Å². The van der Waals surface area contributed by atoms with Crippen LogP contribution < -0.4 is 10.1 Å². The summed E-state index contributed by atoms with van der Waals surface area (Å²) in [4.78, 5) is 23.3. The first-order valence-corrected chi connectivity index (χ1v) is 7.78. The lowest BCUT2D eigenvalue weighted by Crippen LogP contribution is -2.47. The summed E-state index contributed by atoms with van der Waals surface area (Å²) in [6.07, 6.45) is -1.01. The Hall–Kier alpha value is -2.22. The van der Waals surface area contributed by atoms with Crippen LogP contribution in [-0.2, 0) is 14.3 Å². The van der Waals surface area contributed by atoms with Crippen molar-refractivity contribution in [2.24, 2.45) is 0 Å². The summed E-state index contributed by atoms with van der Waals surface area (Å²) in [6, 6.07) is 1.71. The summed E-state index contributed by atoms with van der Waals surface area (Å²) in [6.45, 7) is 7.03. The van der Waals surface area contributed by atoms with Crippen LogP contribution in [0.25, 0.3) is 0 Å². The van der Waals surface area contributed by atoms with Gasteiger partial charge in [0.25, 0.3) is 5.91 Å². The minimum atomic E-state index is -1.20. The normalized spacial score (nSPS) is 13.8. The largest absolute Gasteiger partial charge is 0.481 e. The number of amides is 1. The lowest BCUT2D eigenvalue weighted by atomic mass is 10.1. The predicted molar refractivity (Wildman–Crippen MR) is 86.3 cm³/mol. The fourth-order valence-corrected chi connectivity index (χ4v) is 1.84. The molecule has 0 aromatic heterocycles. The first-order valence-electron chi connectivity index (χ1n) is 7.78. The number of carbonyl (C=O) groups excluding carboxylic acids is 1. The zero-order valence-electron chi connectivity index (χ0n) is 14.6. The molecule has 8 heteroatoms. The molecule has 0 aliphatic heterocycles. The van der Waals surface area contributed by atoms with Crippen molar-refractivity contribution in [2.75, 3.05) is 6.61 Å². The van der Waals surface area contributed by atoms with Crippen molar-refractivity contribution >= 4 is 11.9 Å². The highest BCUT2D eigenvalue weighted by Crippen LogP contribution is 2.17. The van der Waals surface area contributed by atoms with Crippen LogP contribution in [0.15, 0.2) is 18.2 Å². The SMILES string of the molecule is CC(Oc1ccc(F)c(F)c1)C(=O)NC(CCOC(C)(C)C)C(=O)O. The molecule has 1 rings (SSSR count). The molecule has 0 heterocycles. The van der Waals surface area contributed by atoms with Gasteiger partial charge in [0, 0.05) is 19.1 Å². The quantitative estimate of drug-likeness (QED) is 0.745. The van der Waals surface area contributed by atoms with Gasteiger partial charge in [-0.1, -0.05) is 0 Å². The molecule has 1 aromatic carbocycles. The third kappa shape index (κ3) is 7.47. The van der Waals surface area contributed by atoms with Gasteiger partial charge in [0.1, 0.15) is 11.8 Å². The van der Waals surface area contributed by atoms with Gasteiger partial charge in [0.15, 0.2) is 17.7 Å². The third-order valence-electron chi connectivity index (χ3n) is 3.13. The highest BCUT2D eigenvalue weighted by Gasteiger charge is 2.24. The number of hydrogen-bond acceptors (Lipinski definition) is 4. The van der Waals surface area contributed by atoms with Crippen LogP contribution in [-0.4, -0.2) is 41.3 Å². The van der Waals surface area contributed by atoms with Gasteiger partial charge < -0.3 is 19.9 Å². The molecule has 1 aromatic rings. The fraction of sp³-hybridized carbons (Fsp3) is 0.529. The van der Waals surface area contributed by atoms with Gasteiger partial charge in [-0.25, -0.2) is 13.6 Å². The van der Waals surface area contributed by atoms with Crippen LogP contribution in [0, 0.1) is 11.6 Å². The molecule has 2 N–H and O–H groups in total. The van der Waals surface area contributed by atoms with Crippen molar-refractivity contribution in [2.45, 2.75) is 51.9 Å². The van der Waals surface area contributed by atoms with E-state index in [1.54, 1.807) is 0 Å². The summed E-state index contributed by atoms with van der Waals surface area (Å²) in [7, 11) is 0. The number of halogens is 2. The van der Waals surface area contributed by atoms with Crippen molar-refractivity contribution in [3.8, 4) is 5.75 Å². The Morgan fingerprint density at radius 3 is 2.40 bits per heavy atom. The van der Waals surface area contributed by atoms with Gasteiger partial charge in [-0.3, -0.25) is 4.79 Å². The van der Waals surface area contributed by atoms with E-state index in [4.69, 9.17) is 9.47 Å². The number of carbonyl (C=O) groups is 2. The van der Waals surface area contributed by atoms with Crippen LogP contribution in [0.1, 0.15) is 34.1 Å². The van der Waals surface area contributed by atoms with E-state index >= 15 is 0 Å². The van der Waals surface area contributed by atoms with Crippen molar-refractivity contribution < 1.29 is 33.0 Å². The highest BCUT2D eigenvalue weighted by atomic mass is 19.2. The Bertz CT molecular complexity index is 616. The Morgan fingerprint density at radius 2 is 1.88 bits per heavy atom. The summed E-state index contributed by atoms with van der Waals surface area (Å²) < 4.78 is 36.7. The molecular weight excluding hydrogens is 336 g/mol. The molecule has 0 saturated carbocycles. The average Bonchev–Trinajstić information content (AvgIpc) is 2.48. The molecule has 140 valence electrons. The van der Waals surface area contributed by atoms with Crippen molar-refractivity contribution in [3.63, 3.8) is 0 Å². The van der Waals surface area contributed by atoms with E-state index in [2.05, 4.69) is 5.32 Å². The van der Waals surface area contributed by atoms with Crippen LogP contribution in [0.5, 0.6) is 5.75 Å². The second-order valence-electron chi connectivity index (χ2n) is 6.48. The molecule has 0 bridgehead atoms. The molecule has 0 radical (unpaired) electrons. The zero-order valence-corrected chi connectivity index (χ0v) is 14.6. The number of hydrogen-bond donors (Lipinski definition) is 2. The summed E-state index contributed by atoms with van der Waals surface area (Å²) in [5.41, 5.74) is -0.421. The van der Waals surface area contributed by atoms with Gasteiger partial charge in [0.05, 0.1) is 5.60 Å². The first-order chi connectivity index (χ1) is 11.5. The number of carboxylic acids is 1. The van der Waals surface area contributed by atoms with Gasteiger partial charge in [-0.05, 0) is 39.8 Å². The molecule has 0 spiro atoms. The number of benzene rings is 1. The van der Waals surface area contributed by atoms with Crippen molar-refractivity contribution in [3.05, 3.63) is 29.8 Å². The number of nitrogens with one attached hydrogen (secondary N) is 1. The number of carboxylic acid groups (broad SMARTS) is 1. The lowest BCUT2D eigenvalue weighted by Gasteiger charge is -2.22. The maximum Gasteiger partial charge on any atom is 0.326 e. The molecular formula is C17H23F2NO5. The Labute approximate surface area is 145 Å². The van der Waals surface area contributed by atoms with Gasteiger partial charge >= 0.3 is 5.97 Å². The van der Waals surface area contributed by atoms with E-state index in [-0.39, 0.29) is 18.8 Å². The van der Waals surface area contributed by atoms with E-state index in [1.807, 2.05) is 20.8 Å². The molecule has 2 atom stereocenters. The third-order valence-corrected chi connectivity index (χ3v) is 3.13. The predicted octanol–water partition coefficient (Wildman–Crippen LogP) is 2.51. The molecule has 1 amide bonds. The number of ether oxygens (including phenoxy) is 2. The minimum Gasteiger partial charge on any atom is -0.481 e. The number of aliphatic carboxylic acids is 1. The summed E-state index contributed by atoms with van der Waals surface area (Å²) in [5, 5.41) is 11.5. The Kier molecular flexibility index (Phi) is 7.29. The van der Waals surface area contributed by atoms with Crippen LogP contribution in [0.2, 0.25) is 0 Å². The smallest absolute Gasteiger partial charge is 0.326 e. The van der Waals surface area contributed by atoms with E-state index in [0.717, 1.165) is 12.1 Å². The lowest BCUT2D eigenvalue weighted by molar-refractivity contribution is -0.143. The standard InChI is InChI=1S/C17H23F2NO5/c1-10(25-11-5-6-12(18)13(19)9-11)15(21)20-14(16(22)23)7-8-24-17(2,3)4/h5-6,9-10,14H,7-8H2,1-4H3,(H,20,21)(H,22,23). The van der Waals surface area contributed by atoms with Crippen molar-refractivity contribution in [1.82, 2.24) is 5.32 Å². The second kappa shape index (κ2) is 8.75. The van der Waals surface area contributed by atoms with E-state index in [9.17, 15) is 23.5 Å².